The number of aliphatic hydroxyl groups excluding tert-OH is 1. The van der Waals surface area contributed by atoms with Crippen LogP contribution in [0.2, 0.25) is 0 Å². The Morgan fingerprint density at radius 1 is 1.30 bits per heavy atom. The first kappa shape index (κ1) is 23.6. The number of nitrogens with one attached hydrogen (secondary N) is 2. The minimum atomic E-state index is -0.769. The molecule has 178 valence electrons. The van der Waals surface area contributed by atoms with Crippen molar-refractivity contribution in [3.8, 4) is 0 Å². The summed E-state index contributed by atoms with van der Waals surface area (Å²) in [5, 5.41) is 26.3. The van der Waals surface area contributed by atoms with E-state index < -0.39 is 11.7 Å². The first-order valence-electron chi connectivity index (χ1n) is 11.6. The fourth-order valence-corrected chi connectivity index (χ4v) is 4.29. The fourth-order valence-electron chi connectivity index (χ4n) is 4.29. The molecular formula is C24H34N6O3. The van der Waals surface area contributed by atoms with Crippen LogP contribution < -0.4 is 10.6 Å². The fraction of sp³-hybridized carbons (Fsp3) is 0.542. The van der Waals surface area contributed by atoms with Crippen molar-refractivity contribution in [3.63, 3.8) is 0 Å². The van der Waals surface area contributed by atoms with Crippen molar-refractivity contribution >= 4 is 18.1 Å². The zero-order valence-electron chi connectivity index (χ0n) is 19.4. The molecule has 0 aliphatic carbocycles. The second-order valence-electron chi connectivity index (χ2n) is 9.63. The molecule has 0 spiro atoms. The van der Waals surface area contributed by atoms with Crippen molar-refractivity contribution in [2.75, 3.05) is 39.3 Å². The predicted molar refractivity (Wildman–Crippen MR) is 128 cm³/mol. The third kappa shape index (κ3) is 6.48. The zero-order valence-corrected chi connectivity index (χ0v) is 19.4. The Hall–Kier alpha value is -2.59. The summed E-state index contributed by atoms with van der Waals surface area (Å²) >= 11 is 0. The number of nitrogens with zero attached hydrogens (tertiary/aromatic N) is 4. The maximum absolute atomic E-state index is 12.6. The Kier molecular flexibility index (Phi) is 7.23. The number of amidine groups is 1. The van der Waals surface area contributed by atoms with Gasteiger partial charge in [-0.3, -0.25) is 14.7 Å². The van der Waals surface area contributed by atoms with Crippen LogP contribution in [0.15, 0.2) is 46.0 Å². The number of rotatable bonds is 9. The Morgan fingerprint density at radius 2 is 2.09 bits per heavy atom. The van der Waals surface area contributed by atoms with Crippen molar-refractivity contribution in [1.82, 2.24) is 20.4 Å². The molecule has 33 heavy (non-hydrogen) atoms. The summed E-state index contributed by atoms with van der Waals surface area (Å²) in [6.45, 7) is 7.72. The number of benzene rings is 1. The number of β-amino-alcohol motifs (C(OH)–C–C–N with tert-alkyl or cyclic N) is 1. The first-order valence-corrected chi connectivity index (χ1v) is 11.6. The number of aliphatic imine (C=N–C) groups is 2. The highest BCUT2D eigenvalue weighted by Gasteiger charge is 2.27. The third-order valence-electron chi connectivity index (χ3n) is 5.97. The molecule has 0 radical (unpaired) electrons. The molecule has 9 nitrogen and oxygen atoms in total. The topological polar surface area (TPSA) is 113 Å². The normalized spacial score (nSPS) is 21.2. The number of hydrogen-bond donors (Lipinski definition) is 4. The minimum Gasteiger partial charge on any atom is -0.390 e. The summed E-state index contributed by atoms with van der Waals surface area (Å²) in [5.41, 5.74) is 2.19. The number of fused-ring (bicyclic) bond motifs is 2. The van der Waals surface area contributed by atoms with Crippen molar-refractivity contribution in [1.29, 1.82) is 0 Å². The van der Waals surface area contributed by atoms with E-state index in [2.05, 4.69) is 43.7 Å². The zero-order chi connectivity index (χ0) is 23.4. The van der Waals surface area contributed by atoms with Crippen LogP contribution in [0, 0.1) is 0 Å². The van der Waals surface area contributed by atoms with Crippen LogP contribution in [-0.4, -0.2) is 95.1 Å². The van der Waals surface area contributed by atoms with Crippen molar-refractivity contribution in [2.45, 2.75) is 44.6 Å². The van der Waals surface area contributed by atoms with Gasteiger partial charge in [0, 0.05) is 51.9 Å². The average Bonchev–Trinajstić information content (AvgIpc) is 3.18. The van der Waals surface area contributed by atoms with Crippen LogP contribution >= 0.6 is 0 Å². The van der Waals surface area contributed by atoms with Gasteiger partial charge in [0.05, 0.1) is 24.1 Å². The molecule has 4 rings (SSSR count). The highest BCUT2D eigenvalue weighted by molar-refractivity contribution is 6.10. The molecule has 2 unspecified atom stereocenters. The quantitative estimate of drug-likeness (QED) is 0.414. The molecule has 0 saturated carbocycles. The molecule has 1 aromatic rings. The maximum Gasteiger partial charge on any atom is 0.270 e. The lowest BCUT2D eigenvalue weighted by molar-refractivity contribution is -0.118. The molecule has 3 aliphatic heterocycles. The van der Waals surface area contributed by atoms with Gasteiger partial charge < -0.3 is 25.7 Å². The average molecular weight is 455 g/mol. The van der Waals surface area contributed by atoms with Gasteiger partial charge in [0.15, 0.2) is 0 Å². The van der Waals surface area contributed by atoms with E-state index in [9.17, 15) is 15.0 Å². The van der Waals surface area contributed by atoms with Crippen molar-refractivity contribution in [3.05, 3.63) is 47.2 Å². The van der Waals surface area contributed by atoms with Gasteiger partial charge in [-0.15, -0.1) is 0 Å². The molecular weight excluding hydrogens is 420 g/mol. The van der Waals surface area contributed by atoms with Gasteiger partial charge in [-0.1, -0.05) is 24.3 Å². The van der Waals surface area contributed by atoms with Crippen LogP contribution in [0.5, 0.6) is 0 Å². The number of carbonyl (C=O) groups is 1. The predicted octanol–water partition coefficient (Wildman–Crippen LogP) is -0.109. The van der Waals surface area contributed by atoms with Crippen LogP contribution in [0.1, 0.15) is 25.0 Å². The number of amides is 1. The molecule has 2 atom stereocenters. The van der Waals surface area contributed by atoms with Gasteiger partial charge in [0.2, 0.25) is 0 Å². The largest absolute Gasteiger partial charge is 0.390 e. The molecule has 1 amide bonds. The van der Waals surface area contributed by atoms with E-state index in [4.69, 9.17) is 0 Å². The SMILES string of the molecule is CC(C)(O)CNCC1CN2C=NC(C(=O)NCC(O)CN3CCc4ccccc4C3)=CC2=N1. The summed E-state index contributed by atoms with van der Waals surface area (Å²) in [6.07, 6.45) is 3.63. The van der Waals surface area contributed by atoms with E-state index in [0.717, 1.165) is 19.5 Å². The molecule has 4 N–H and O–H groups in total. The van der Waals surface area contributed by atoms with Gasteiger partial charge in [-0.2, -0.15) is 0 Å². The van der Waals surface area contributed by atoms with Gasteiger partial charge in [0.25, 0.3) is 5.91 Å². The maximum atomic E-state index is 12.6. The van der Waals surface area contributed by atoms with E-state index >= 15 is 0 Å². The summed E-state index contributed by atoms with van der Waals surface area (Å²) in [7, 11) is 0. The lowest BCUT2D eigenvalue weighted by atomic mass is 10.00. The van der Waals surface area contributed by atoms with E-state index in [1.807, 2.05) is 11.0 Å². The Morgan fingerprint density at radius 3 is 2.88 bits per heavy atom. The van der Waals surface area contributed by atoms with Gasteiger partial charge >= 0.3 is 0 Å². The van der Waals surface area contributed by atoms with Gasteiger partial charge in [0.1, 0.15) is 11.5 Å². The Bertz CT molecular complexity index is 952. The molecule has 1 aromatic carbocycles. The highest BCUT2D eigenvalue weighted by atomic mass is 16.3. The second-order valence-corrected chi connectivity index (χ2v) is 9.63. The summed E-state index contributed by atoms with van der Waals surface area (Å²) in [5.74, 6) is 0.387. The van der Waals surface area contributed by atoms with E-state index in [1.54, 1.807) is 26.3 Å². The molecule has 0 saturated heterocycles. The third-order valence-corrected chi connectivity index (χ3v) is 5.97. The molecule has 0 bridgehead atoms. The van der Waals surface area contributed by atoms with Crippen LogP contribution in [0.25, 0.3) is 0 Å². The van der Waals surface area contributed by atoms with Crippen molar-refractivity contribution < 1.29 is 15.0 Å². The standard InChI is InChI=1S/C24H34N6O3/c1-24(2,33)15-25-10-19-13-30-16-27-21(9-22(30)28-19)23(32)26-11-20(31)14-29-8-7-17-5-3-4-6-18(17)12-29/h3-6,9,16,19-20,25,31,33H,7-8,10-15H2,1-2H3,(H,26,32). The van der Waals surface area contributed by atoms with Gasteiger partial charge in [-0.25, -0.2) is 4.99 Å². The minimum absolute atomic E-state index is 0.0314. The van der Waals surface area contributed by atoms with E-state index in [1.165, 1.54) is 11.1 Å². The lowest BCUT2D eigenvalue weighted by Crippen LogP contribution is -2.42. The lowest BCUT2D eigenvalue weighted by Gasteiger charge is -2.30. The molecule has 0 fully saturated rings. The van der Waals surface area contributed by atoms with E-state index in [-0.39, 0.29) is 24.2 Å². The second kappa shape index (κ2) is 10.1. The molecule has 9 heteroatoms. The van der Waals surface area contributed by atoms with Crippen LogP contribution in [0.4, 0.5) is 0 Å². The Balaban J connectivity index is 1.23. The number of hydrogen-bond acceptors (Lipinski definition) is 8. The van der Waals surface area contributed by atoms with Crippen LogP contribution in [-0.2, 0) is 17.8 Å². The number of aliphatic hydroxyl groups is 2. The number of carbonyl (C=O) groups excluding carboxylic acids is 1. The van der Waals surface area contributed by atoms with Crippen molar-refractivity contribution in [2.24, 2.45) is 9.98 Å². The first-order chi connectivity index (χ1) is 15.8. The van der Waals surface area contributed by atoms with E-state index in [0.29, 0.717) is 32.0 Å². The monoisotopic (exact) mass is 454 g/mol. The molecule has 0 aromatic heterocycles. The Labute approximate surface area is 194 Å². The van der Waals surface area contributed by atoms with Gasteiger partial charge in [-0.05, 0) is 31.4 Å². The summed E-state index contributed by atoms with van der Waals surface area (Å²) in [4.78, 5) is 25.6. The summed E-state index contributed by atoms with van der Waals surface area (Å²) in [6, 6.07) is 8.43. The molecule has 3 heterocycles. The summed E-state index contributed by atoms with van der Waals surface area (Å²) < 4.78 is 0. The van der Waals surface area contributed by atoms with Crippen LogP contribution in [0.3, 0.4) is 0 Å². The molecule has 3 aliphatic rings. The highest BCUT2D eigenvalue weighted by Crippen LogP contribution is 2.18. The smallest absolute Gasteiger partial charge is 0.270 e.